The first-order valence-corrected chi connectivity index (χ1v) is 8.15. The largest absolute Gasteiger partial charge is 0.352 e. The van der Waals surface area contributed by atoms with Crippen molar-refractivity contribution in [2.45, 2.75) is 36.5 Å². The van der Waals surface area contributed by atoms with E-state index in [1.807, 2.05) is 67.6 Å². The highest BCUT2D eigenvalue weighted by molar-refractivity contribution is 8.00. The fraction of sp³-hybridized carbons (Fsp3) is 0.278. The van der Waals surface area contributed by atoms with E-state index in [4.69, 9.17) is 0 Å². The Morgan fingerprint density at radius 3 is 2.19 bits per heavy atom. The molecule has 0 aromatic heterocycles. The fourth-order valence-electron chi connectivity index (χ4n) is 1.96. The summed E-state index contributed by atoms with van der Waals surface area (Å²) in [6, 6.07) is 20.2. The lowest BCUT2D eigenvalue weighted by atomic mass is 10.1. The van der Waals surface area contributed by atoms with Crippen LogP contribution in [-0.2, 0) is 4.79 Å². The van der Waals surface area contributed by atoms with Crippen molar-refractivity contribution in [3.63, 3.8) is 0 Å². The Balaban J connectivity index is 2.20. The van der Waals surface area contributed by atoms with Gasteiger partial charge in [0.1, 0.15) is 5.25 Å². The molecule has 0 saturated heterocycles. The summed E-state index contributed by atoms with van der Waals surface area (Å²) in [4.78, 5) is 13.7. The maximum absolute atomic E-state index is 12.6. The maximum Gasteiger partial charge on any atom is 0.238 e. The van der Waals surface area contributed by atoms with Crippen LogP contribution in [0.5, 0.6) is 0 Å². The Labute approximate surface area is 131 Å². The third-order valence-corrected chi connectivity index (χ3v) is 4.60. The Bertz CT molecular complexity index is 556. The van der Waals surface area contributed by atoms with E-state index in [9.17, 15) is 4.79 Å². The zero-order valence-corrected chi connectivity index (χ0v) is 13.3. The summed E-state index contributed by atoms with van der Waals surface area (Å²) < 4.78 is 0. The molecule has 0 fully saturated rings. The van der Waals surface area contributed by atoms with E-state index in [1.54, 1.807) is 11.8 Å². The second-order valence-electron chi connectivity index (χ2n) is 5.04. The highest BCUT2D eigenvalue weighted by atomic mass is 32.2. The lowest BCUT2D eigenvalue weighted by molar-refractivity contribution is -0.121. The highest BCUT2D eigenvalue weighted by Crippen LogP contribution is 2.35. The van der Waals surface area contributed by atoms with Crippen molar-refractivity contribution < 1.29 is 4.79 Å². The molecule has 0 bridgehead atoms. The molecule has 0 heterocycles. The summed E-state index contributed by atoms with van der Waals surface area (Å²) in [7, 11) is 0. The summed E-state index contributed by atoms with van der Waals surface area (Å²) in [6.07, 6.45) is 0.934. The van der Waals surface area contributed by atoms with E-state index in [-0.39, 0.29) is 17.2 Å². The molecule has 0 radical (unpaired) electrons. The fourth-order valence-corrected chi connectivity index (χ4v) is 3.01. The summed E-state index contributed by atoms with van der Waals surface area (Å²) >= 11 is 1.59. The molecule has 3 heteroatoms. The van der Waals surface area contributed by atoms with E-state index in [2.05, 4.69) is 12.2 Å². The number of nitrogens with one attached hydrogen (secondary N) is 1. The van der Waals surface area contributed by atoms with Gasteiger partial charge in [0.05, 0.1) is 0 Å². The summed E-state index contributed by atoms with van der Waals surface area (Å²) in [5.74, 6) is 0.0735. The number of carbonyl (C=O) groups excluding carboxylic acids is 1. The van der Waals surface area contributed by atoms with E-state index in [1.165, 1.54) is 0 Å². The third-order valence-electron chi connectivity index (χ3n) is 3.34. The Morgan fingerprint density at radius 2 is 1.62 bits per heavy atom. The van der Waals surface area contributed by atoms with E-state index >= 15 is 0 Å². The molecule has 2 nitrogen and oxygen atoms in total. The van der Waals surface area contributed by atoms with Gasteiger partial charge in [-0.15, -0.1) is 11.8 Å². The van der Waals surface area contributed by atoms with Crippen molar-refractivity contribution in [2.75, 3.05) is 0 Å². The molecular weight excluding hydrogens is 278 g/mol. The Kier molecular flexibility index (Phi) is 5.88. The monoisotopic (exact) mass is 299 g/mol. The minimum Gasteiger partial charge on any atom is -0.352 e. The van der Waals surface area contributed by atoms with Gasteiger partial charge in [-0.2, -0.15) is 0 Å². The zero-order chi connectivity index (χ0) is 15.1. The quantitative estimate of drug-likeness (QED) is 0.799. The van der Waals surface area contributed by atoms with E-state index in [0.717, 1.165) is 16.9 Å². The molecule has 0 aliphatic carbocycles. The number of thioether (sulfide) groups is 1. The van der Waals surface area contributed by atoms with Crippen LogP contribution in [0.1, 0.15) is 31.1 Å². The number of hydrogen-bond acceptors (Lipinski definition) is 2. The molecule has 2 aromatic carbocycles. The van der Waals surface area contributed by atoms with Gasteiger partial charge in [-0.25, -0.2) is 0 Å². The first-order chi connectivity index (χ1) is 10.2. The van der Waals surface area contributed by atoms with Gasteiger partial charge >= 0.3 is 0 Å². The molecule has 0 spiro atoms. The normalized spacial score (nSPS) is 13.4. The molecule has 2 rings (SSSR count). The predicted octanol–water partition coefficient (Wildman–Crippen LogP) is 4.43. The van der Waals surface area contributed by atoms with Crippen LogP contribution >= 0.6 is 11.8 Å². The smallest absolute Gasteiger partial charge is 0.238 e. The van der Waals surface area contributed by atoms with Gasteiger partial charge in [-0.1, -0.05) is 55.5 Å². The molecule has 2 aromatic rings. The predicted molar refractivity (Wildman–Crippen MR) is 89.4 cm³/mol. The average molecular weight is 299 g/mol. The van der Waals surface area contributed by atoms with Crippen molar-refractivity contribution >= 4 is 17.7 Å². The third kappa shape index (κ3) is 4.64. The summed E-state index contributed by atoms with van der Waals surface area (Å²) in [5.41, 5.74) is 1.03. The topological polar surface area (TPSA) is 29.1 Å². The summed E-state index contributed by atoms with van der Waals surface area (Å²) in [5, 5.41) is 2.87. The molecule has 1 N–H and O–H groups in total. The standard InChI is InChI=1S/C18H21NOS/c1-3-14(2)19-18(20)17(15-10-6-4-7-11-15)21-16-12-8-5-9-13-16/h4-14,17H,3H2,1-2H3,(H,19,20)/t14-,17+/m1/s1. The maximum atomic E-state index is 12.6. The lowest BCUT2D eigenvalue weighted by Gasteiger charge is -2.19. The molecule has 110 valence electrons. The van der Waals surface area contributed by atoms with Crippen molar-refractivity contribution in [2.24, 2.45) is 0 Å². The van der Waals surface area contributed by atoms with Gasteiger partial charge < -0.3 is 5.32 Å². The van der Waals surface area contributed by atoms with Gasteiger partial charge in [0, 0.05) is 10.9 Å². The minimum atomic E-state index is -0.220. The van der Waals surface area contributed by atoms with Crippen LogP contribution in [0.2, 0.25) is 0 Å². The SMILES string of the molecule is CC[C@@H](C)NC(=O)[C@@H](Sc1ccccc1)c1ccccc1. The molecule has 2 atom stereocenters. The van der Waals surface area contributed by atoms with Crippen molar-refractivity contribution in [1.29, 1.82) is 0 Å². The molecule has 0 aliphatic heterocycles. The van der Waals surface area contributed by atoms with Gasteiger partial charge in [0.15, 0.2) is 0 Å². The number of amides is 1. The summed E-state index contributed by atoms with van der Waals surface area (Å²) in [6.45, 7) is 4.11. The van der Waals surface area contributed by atoms with Gasteiger partial charge in [-0.05, 0) is 31.0 Å². The van der Waals surface area contributed by atoms with Crippen LogP contribution in [0, 0.1) is 0 Å². The minimum absolute atomic E-state index is 0.0735. The zero-order valence-electron chi connectivity index (χ0n) is 12.5. The van der Waals surface area contributed by atoms with Crippen LogP contribution in [-0.4, -0.2) is 11.9 Å². The van der Waals surface area contributed by atoms with Gasteiger partial charge in [-0.3, -0.25) is 4.79 Å². The molecular formula is C18H21NOS. The second kappa shape index (κ2) is 7.89. The molecule has 21 heavy (non-hydrogen) atoms. The van der Waals surface area contributed by atoms with Crippen LogP contribution in [0.25, 0.3) is 0 Å². The first kappa shape index (κ1) is 15.6. The van der Waals surface area contributed by atoms with Crippen LogP contribution in [0.15, 0.2) is 65.6 Å². The Hall–Kier alpha value is -1.74. The Morgan fingerprint density at radius 1 is 1.05 bits per heavy atom. The number of hydrogen-bond donors (Lipinski definition) is 1. The first-order valence-electron chi connectivity index (χ1n) is 7.27. The highest BCUT2D eigenvalue weighted by Gasteiger charge is 2.22. The number of rotatable bonds is 6. The van der Waals surface area contributed by atoms with Crippen LogP contribution in [0.4, 0.5) is 0 Å². The molecule has 1 amide bonds. The number of carbonyl (C=O) groups is 1. The number of benzene rings is 2. The van der Waals surface area contributed by atoms with Crippen molar-refractivity contribution in [3.8, 4) is 0 Å². The second-order valence-corrected chi connectivity index (χ2v) is 6.22. The molecule has 0 aliphatic rings. The van der Waals surface area contributed by atoms with Gasteiger partial charge in [0.25, 0.3) is 0 Å². The van der Waals surface area contributed by atoms with E-state index in [0.29, 0.717) is 0 Å². The molecule has 0 saturated carbocycles. The van der Waals surface area contributed by atoms with Crippen molar-refractivity contribution in [1.82, 2.24) is 5.32 Å². The van der Waals surface area contributed by atoms with E-state index < -0.39 is 0 Å². The average Bonchev–Trinajstić information content (AvgIpc) is 2.54. The molecule has 0 unspecified atom stereocenters. The van der Waals surface area contributed by atoms with Crippen LogP contribution < -0.4 is 5.32 Å². The lowest BCUT2D eigenvalue weighted by Crippen LogP contribution is -2.35. The van der Waals surface area contributed by atoms with Crippen LogP contribution in [0.3, 0.4) is 0 Å². The van der Waals surface area contributed by atoms with Crippen molar-refractivity contribution in [3.05, 3.63) is 66.2 Å². The van der Waals surface area contributed by atoms with Gasteiger partial charge in [0.2, 0.25) is 5.91 Å².